The van der Waals surface area contributed by atoms with Gasteiger partial charge in [-0.3, -0.25) is 9.21 Å². The van der Waals surface area contributed by atoms with Crippen LogP contribution >= 0.6 is 11.5 Å². The van der Waals surface area contributed by atoms with Gasteiger partial charge in [0.05, 0.1) is 15.3 Å². The quantitative estimate of drug-likeness (QED) is 0.296. The minimum atomic E-state index is -3.68. The zero-order valence-corrected chi connectivity index (χ0v) is 23.3. The van der Waals surface area contributed by atoms with Crippen molar-refractivity contribution in [3.05, 3.63) is 83.9 Å². The van der Waals surface area contributed by atoms with E-state index in [1.165, 1.54) is 10.1 Å². The van der Waals surface area contributed by atoms with E-state index < -0.39 is 10.0 Å². The third-order valence-electron chi connectivity index (χ3n) is 6.97. The molecule has 1 fully saturated rings. The molecule has 8 heteroatoms. The summed E-state index contributed by atoms with van der Waals surface area (Å²) in [6, 6.07) is 23.3. The van der Waals surface area contributed by atoms with Crippen molar-refractivity contribution in [2.45, 2.75) is 38.1 Å². The molecule has 4 aromatic rings. The van der Waals surface area contributed by atoms with Gasteiger partial charge in [0, 0.05) is 44.2 Å². The molecule has 3 aromatic carbocycles. The molecule has 5 rings (SSSR count). The van der Waals surface area contributed by atoms with Gasteiger partial charge in [-0.05, 0) is 80.2 Å². The van der Waals surface area contributed by atoms with Crippen LogP contribution in [0.2, 0.25) is 0 Å². The van der Waals surface area contributed by atoms with Crippen LogP contribution in [0.25, 0.3) is 10.1 Å². The molecule has 0 atom stereocenters. The Morgan fingerprint density at radius 2 is 1.68 bits per heavy atom. The summed E-state index contributed by atoms with van der Waals surface area (Å²) in [5.41, 5.74) is 2.76. The molecule has 1 aliphatic heterocycles. The maximum atomic E-state index is 13.7. The van der Waals surface area contributed by atoms with Crippen LogP contribution in [-0.4, -0.2) is 56.5 Å². The lowest BCUT2D eigenvalue weighted by atomic mass is 10.1. The van der Waals surface area contributed by atoms with Gasteiger partial charge >= 0.3 is 0 Å². The number of hydrogen-bond donors (Lipinski definition) is 0. The van der Waals surface area contributed by atoms with Crippen LogP contribution in [0, 0.1) is 6.92 Å². The standard InChI is InChI=1S/C29H34N4O2S2/c1-22(2)33(37(34,35)25-11-8-9-23(3)21-25)27-13-6-4-10-24(27)15-16-31-17-19-32(20-18-31)29-26-12-5-7-14-28(26)36-30-29/h4-14,21-22H,15-20H2,1-3H3. The lowest BCUT2D eigenvalue weighted by Gasteiger charge is -2.35. The molecule has 0 amide bonds. The van der Waals surface area contributed by atoms with Gasteiger partial charge in [0.25, 0.3) is 10.0 Å². The maximum absolute atomic E-state index is 13.7. The van der Waals surface area contributed by atoms with Crippen molar-refractivity contribution in [3.63, 3.8) is 0 Å². The number of rotatable bonds is 8. The third-order valence-corrected chi connectivity index (χ3v) is 9.77. The summed E-state index contributed by atoms with van der Waals surface area (Å²) in [4.78, 5) is 5.19. The number of para-hydroxylation sites is 1. The molecule has 1 saturated heterocycles. The fourth-order valence-corrected chi connectivity index (χ4v) is 7.67. The number of aryl methyl sites for hydroxylation is 1. The van der Waals surface area contributed by atoms with Crippen molar-refractivity contribution in [1.82, 2.24) is 9.27 Å². The summed E-state index contributed by atoms with van der Waals surface area (Å²) < 4.78 is 35.0. The average molecular weight is 535 g/mol. The monoisotopic (exact) mass is 534 g/mol. The fraction of sp³-hybridized carbons (Fsp3) is 0.345. The maximum Gasteiger partial charge on any atom is 0.264 e. The highest BCUT2D eigenvalue weighted by Gasteiger charge is 2.29. The number of piperazine rings is 1. The summed E-state index contributed by atoms with van der Waals surface area (Å²) in [6.45, 7) is 10.5. The molecule has 0 bridgehead atoms. The smallest absolute Gasteiger partial charge is 0.264 e. The molecule has 0 unspecified atom stereocenters. The summed E-state index contributed by atoms with van der Waals surface area (Å²) in [5.74, 6) is 1.10. The Bertz CT molecular complexity index is 1470. The molecular formula is C29H34N4O2S2. The van der Waals surface area contributed by atoms with E-state index in [1.54, 1.807) is 34.0 Å². The molecule has 194 valence electrons. The van der Waals surface area contributed by atoms with Gasteiger partial charge < -0.3 is 4.90 Å². The van der Waals surface area contributed by atoms with E-state index in [-0.39, 0.29) is 6.04 Å². The van der Waals surface area contributed by atoms with E-state index in [0.717, 1.165) is 61.8 Å². The largest absolute Gasteiger partial charge is 0.353 e. The molecule has 1 aliphatic rings. The van der Waals surface area contributed by atoms with Crippen molar-refractivity contribution in [2.24, 2.45) is 0 Å². The average Bonchev–Trinajstić information content (AvgIpc) is 3.32. The molecule has 2 heterocycles. The lowest BCUT2D eigenvalue weighted by molar-refractivity contribution is 0.261. The van der Waals surface area contributed by atoms with E-state index in [1.807, 2.05) is 45.0 Å². The van der Waals surface area contributed by atoms with E-state index in [0.29, 0.717) is 4.90 Å². The van der Waals surface area contributed by atoms with Crippen molar-refractivity contribution in [3.8, 4) is 0 Å². The first-order chi connectivity index (χ1) is 17.8. The van der Waals surface area contributed by atoms with Gasteiger partial charge in [0.1, 0.15) is 5.82 Å². The van der Waals surface area contributed by atoms with Crippen LogP contribution in [0.3, 0.4) is 0 Å². The first-order valence-corrected chi connectivity index (χ1v) is 15.1. The Hall–Kier alpha value is -2.94. The zero-order chi connectivity index (χ0) is 26.0. The van der Waals surface area contributed by atoms with Crippen LogP contribution in [0.5, 0.6) is 0 Å². The topological polar surface area (TPSA) is 56.8 Å². The Kier molecular flexibility index (Phi) is 7.51. The van der Waals surface area contributed by atoms with Gasteiger partial charge in [0.2, 0.25) is 0 Å². The molecule has 0 aliphatic carbocycles. The van der Waals surface area contributed by atoms with Crippen molar-refractivity contribution in [2.75, 3.05) is 41.9 Å². The Balaban J connectivity index is 1.29. The molecule has 6 nitrogen and oxygen atoms in total. The molecule has 0 saturated carbocycles. The van der Waals surface area contributed by atoms with Crippen LogP contribution in [0.4, 0.5) is 11.5 Å². The first kappa shape index (κ1) is 25.7. The second kappa shape index (κ2) is 10.8. The van der Waals surface area contributed by atoms with Gasteiger partial charge in [-0.1, -0.05) is 42.5 Å². The van der Waals surface area contributed by atoms with Crippen molar-refractivity contribution >= 4 is 43.1 Å². The Morgan fingerprint density at radius 3 is 2.43 bits per heavy atom. The molecular weight excluding hydrogens is 500 g/mol. The van der Waals surface area contributed by atoms with Crippen LogP contribution in [0.15, 0.2) is 77.7 Å². The van der Waals surface area contributed by atoms with Crippen LogP contribution in [0.1, 0.15) is 25.0 Å². The van der Waals surface area contributed by atoms with Gasteiger partial charge in [-0.2, -0.15) is 4.37 Å². The Labute approximate surface area is 224 Å². The summed E-state index contributed by atoms with van der Waals surface area (Å²) in [5, 5.41) is 1.23. The van der Waals surface area contributed by atoms with Gasteiger partial charge in [-0.15, -0.1) is 0 Å². The molecule has 1 aromatic heterocycles. The molecule has 37 heavy (non-hydrogen) atoms. The highest BCUT2D eigenvalue weighted by atomic mass is 32.2. The first-order valence-electron chi connectivity index (χ1n) is 12.9. The summed E-state index contributed by atoms with van der Waals surface area (Å²) in [6.07, 6.45) is 0.794. The highest BCUT2D eigenvalue weighted by Crippen LogP contribution is 2.31. The Morgan fingerprint density at radius 1 is 0.946 bits per heavy atom. The normalized spacial score (nSPS) is 15.0. The van der Waals surface area contributed by atoms with E-state index in [9.17, 15) is 8.42 Å². The molecule has 0 radical (unpaired) electrons. The van der Waals surface area contributed by atoms with E-state index in [2.05, 4.69) is 40.1 Å². The highest BCUT2D eigenvalue weighted by molar-refractivity contribution is 7.92. The number of anilines is 2. The number of sulfonamides is 1. The van der Waals surface area contributed by atoms with E-state index >= 15 is 0 Å². The molecule has 0 N–H and O–H groups in total. The zero-order valence-electron chi connectivity index (χ0n) is 21.7. The van der Waals surface area contributed by atoms with Crippen molar-refractivity contribution in [1.29, 1.82) is 0 Å². The predicted molar refractivity (Wildman–Crippen MR) is 154 cm³/mol. The predicted octanol–water partition coefficient (Wildman–Crippen LogP) is 5.57. The number of benzene rings is 3. The minimum Gasteiger partial charge on any atom is -0.353 e. The number of nitrogens with zero attached hydrogens (tertiary/aromatic N) is 4. The second-order valence-electron chi connectivity index (χ2n) is 9.92. The van der Waals surface area contributed by atoms with Gasteiger partial charge in [0.15, 0.2) is 0 Å². The van der Waals surface area contributed by atoms with E-state index in [4.69, 9.17) is 4.37 Å². The van der Waals surface area contributed by atoms with Crippen LogP contribution in [-0.2, 0) is 16.4 Å². The molecule has 0 spiro atoms. The van der Waals surface area contributed by atoms with Crippen molar-refractivity contribution < 1.29 is 8.42 Å². The number of fused-ring (bicyclic) bond motifs is 1. The third kappa shape index (κ3) is 5.37. The number of aromatic nitrogens is 1. The summed E-state index contributed by atoms with van der Waals surface area (Å²) in [7, 11) is -3.68. The number of hydrogen-bond acceptors (Lipinski definition) is 6. The SMILES string of the molecule is Cc1cccc(S(=O)(=O)N(c2ccccc2CCN2CCN(c3nsc4ccccc34)CC2)C(C)C)c1. The van der Waals surface area contributed by atoms with Crippen LogP contribution < -0.4 is 9.21 Å². The summed E-state index contributed by atoms with van der Waals surface area (Å²) >= 11 is 1.56. The lowest BCUT2D eigenvalue weighted by Crippen LogP contribution is -2.47. The fourth-order valence-electron chi connectivity index (χ4n) is 5.07. The minimum absolute atomic E-state index is 0.205. The second-order valence-corrected chi connectivity index (χ2v) is 12.5. The van der Waals surface area contributed by atoms with Gasteiger partial charge in [-0.25, -0.2) is 8.42 Å².